The fourth-order valence-electron chi connectivity index (χ4n) is 1.06. The number of halogens is 1. The zero-order valence-corrected chi connectivity index (χ0v) is 8.07. The van der Waals surface area contributed by atoms with Gasteiger partial charge in [0.15, 0.2) is 0 Å². The molecule has 78 valence electrons. The van der Waals surface area contributed by atoms with Gasteiger partial charge in [-0.2, -0.15) is 0 Å². The summed E-state index contributed by atoms with van der Waals surface area (Å²) in [5, 5.41) is 5.69. The molecule has 0 radical (unpaired) electrons. The van der Waals surface area contributed by atoms with Crippen molar-refractivity contribution >= 4 is 11.6 Å². The molecule has 1 N–H and O–H groups in total. The number of benzene rings is 1. The molecule has 0 saturated carbocycles. The van der Waals surface area contributed by atoms with Gasteiger partial charge in [0, 0.05) is 17.1 Å². The third kappa shape index (κ3) is 2.69. The van der Waals surface area contributed by atoms with Gasteiger partial charge < -0.3 is 5.32 Å². The predicted octanol–water partition coefficient (Wildman–Crippen LogP) is 2.52. The van der Waals surface area contributed by atoms with E-state index < -0.39 is 11.7 Å². The molecule has 0 heterocycles. The van der Waals surface area contributed by atoms with Gasteiger partial charge in [-0.3, -0.25) is 4.79 Å². The molecular formula is C9H9FN4O. The van der Waals surface area contributed by atoms with E-state index >= 15 is 0 Å². The second-order valence-electron chi connectivity index (χ2n) is 2.71. The average molecular weight is 208 g/mol. The zero-order chi connectivity index (χ0) is 11.3. The van der Waals surface area contributed by atoms with Crippen molar-refractivity contribution in [3.05, 3.63) is 40.0 Å². The lowest BCUT2D eigenvalue weighted by Crippen LogP contribution is -2.23. The van der Waals surface area contributed by atoms with Crippen LogP contribution in [0.25, 0.3) is 10.4 Å². The number of hydrogen-bond acceptors (Lipinski definition) is 2. The van der Waals surface area contributed by atoms with Crippen LogP contribution in [-0.4, -0.2) is 12.5 Å². The quantitative estimate of drug-likeness (QED) is 0.462. The lowest BCUT2D eigenvalue weighted by Gasteiger charge is -2.03. The molecule has 0 unspecified atom stereocenters. The second kappa shape index (κ2) is 4.97. The minimum absolute atomic E-state index is 0.0614. The SMILES string of the molecule is CCNC(=O)c1ccc(N=[N+]=[N-])cc1F. The zero-order valence-electron chi connectivity index (χ0n) is 8.07. The standard InChI is InChI=1S/C9H9FN4O/c1-2-12-9(15)7-4-3-6(13-14-11)5-8(7)10/h3-5H,2H2,1H3,(H,12,15). The van der Waals surface area contributed by atoms with E-state index in [-0.39, 0.29) is 11.3 Å². The maximum absolute atomic E-state index is 13.3. The summed E-state index contributed by atoms with van der Waals surface area (Å²) in [5.41, 5.74) is 8.21. The van der Waals surface area contributed by atoms with E-state index in [9.17, 15) is 9.18 Å². The van der Waals surface area contributed by atoms with Crippen LogP contribution in [0.2, 0.25) is 0 Å². The predicted molar refractivity (Wildman–Crippen MR) is 53.2 cm³/mol. The van der Waals surface area contributed by atoms with Crippen LogP contribution >= 0.6 is 0 Å². The first-order valence-corrected chi connectivity index (χ1v) is 4.32. The van der Waals surface area contributed by atoms with E-state index in [1.165, 1.54) is 12.1 Å². The molecule has 0 aliphatic rings. The number of azide groups is 1. The number of hydrogen-bond donors (Lipinski definition) is 1. The fourth-order valence-corrected chi connectivity index (χ4v) is 1.06. The van der Waals surface area contributed by atoms with E-state index in [0.29, 0.717) is 6.54 Å². The number of carbonyl (C=O) groups is 1. The summed E-state index contributed by atoms with van der Waals surface area (Å²) in [5.74, 6) is -1.19. The van der Waals surface area contributed by atoms with E-state index in [1.807, 2.05) is 0 Å². The summed E-state index contributed by atoms with van der Waals surface area (Å²) in [6.07, 6.45) is 0. The molecule has 6 heteroatoms. The van der Waals surface area contributed by atoms with Crippen molar-refractivity contribution in [1.29, 1.82) is 0 Å². The van der Waals surface area contributed by atoms with E-state index in [4.69, 9.17) is 5.53 Å². The molecule has 15 heavy (non-hydrogen) atoms. The van der Waals surface area contributed by atoms with Crippen LogP contribution in [-0.2, 0) is 0 Å². The highest BCUT2D eigenvalue weighted by Gasteiger charge is 2.10. The molecule has 5 nitrogen and oxygen atoms in total. The van der Waals surface area contributed by atoms with Crippen LogP contribution in [0.4, 0.5) is 10.1 Å². The molecular weight excluding hydrogens is 199 g/mol. The molecule has 0 aliphatic carbocycles. The highest BCUT2D eigenvalue weighted by Crippen LogP contribution is 2.17. The third-order valence-electron chi connectivity index (χ3n) is 1.69. The Kier molecular flexibility index (Phi) is 3.65. The Morgan fingerprint density at radius 3 is 2.93 bits per heavy atom. The molecule has 1 aromatic rings. The number of rotatable bonds is 3. The number of amides is 1. The summed E-state index contributed by atoms with van der Waals surface area (Å²) in [6.45, 7) is 2.17. The van der Waals surface area contributed by atoms with Crippen LogP contribution in [0, 0.1) is 5.82 Å². The second-order valence-corrected chi connectivity index (χ2v) is 2.71. The molecule has 1 rings (SSSR count). The molecule has 1 amide bonds. The lowest BCUT2D eigenvalue weighted by molar-refractivity contribution is 0.0952. The molecule has 0 saturated heterocycles. The first-order chi connectivity index (χ1) is 7.19. The van der Waals surface area contributed by atoms with Crippen LogP contribution in [0.1, 0.15) is 17.3 Å². The highest BCUT2D eigenvalue weighted by atomic mass is 19.1. The number of nitrogens with one attached hydrogen (secondary N) is 1. The van der Waals surface area contributed by atoms with Gasteiger partial charge in [-0.1, -0.05) is 11.2 Å². The van der Waals surface area contributed by atoms with Gasteiger partial charge in [0.25, 0.3) is 5.91 Å². The minimum Gasteiger partial charge on any atom is -0.352 e. The van der Waals surface area contributed by atoms with Crippen LogP contribution in [0.5, 0.6) is 0 Å². The van der Waals surface area contributed by atoms with Crippen molar-refractivity contribution in [3.8, 4) is 0 Å². The monoisotopic (exact) mass is 208 g/mol. The van der Waals surface area contributed by atoms with Crippen molar-refractivity contribution in [2.75, 3.05) is 6.54 Å². The van der Waals surface area contributed by atoms with Crippen LogP contribution in [0.15, 0.2) is 23.3 Å². The summed E-state index contributed by atoms with van der Waals surface area (Å²) < 4.78 is 13.3. The maximum Gasteiger partial charge on any atom is 0.254 e. The van der Waals surface area contributed by atoms with Gasteiger partial charge in [0.2, 0.25) is 0 Å². The maximum atomic E-state index is 13.3. The van der Waals surface area contributed by atoms with Gasteiger partial charge in [-0.05, 0) is 24.6 Å². The molecule has 0 fully saturated rings. The summed E-state index contributed by atoms with van der Waals surface area (Å²) >= 11 is 0. The molecule has 1 aromatic carbocycles. The van der Waals surface area contributed by atoms with Crippen molar-refractivity contribution in [1.82, 2.24) is 5.32 Å². The summed E-state index contributed by atoms with van der Waals surface area (Å²) in [6, 6.07) is 3.68. The lowest BCUT2D eigenvalue weighted by atomic mass is 10.2. The van der Waals surface area contributed by atoms with E-state index in [2.05, 4.69) is 15.3 Å². The van der Waals surface area contributed by atoms with Crippen molar-refractivity contribution in [2.24, 2.45) is 5.11 Å². The third-order valence-corrected chi connectivity index (χ3v) is 1.69. The van der Waals surface area contributed by atoms with Crippen LogP contribution < -0.4 is 5.32 Å². The first kappa shape index (κ1) is 11.0. The Labute approximate surface area is 85.5 Å². The normalized spacial score (nSPS) is 9.20. The summed E-state index contributed by atoms with van der Waals surface area (Å²) in [4.78, 5) is 13.8. The Balaban J connectivity index is 3.02. The Bertz CT molecular complexity index is 426. The Hall–Kier alpha value is -2.07. The Morgan fingerprint density at radius 1 is 1.67 bits per heavy atom. The van der Waals surface area contributed by atoms with Crippen LogP contribution in [0.3, 0.4) is 0 Å². The molecule has 0 spiro atoms. The van der Waals surface area contributed by atoms with Gasteiger partial charge >= 0.3 is 0 Å². The van der Waals surface area contributed by atoms with Crippen molar-refractivity contribution in [2.45, 2.75) is 6.92 Å². The topological polar surface area (TPSA) is 77.9 Å². The average Bonchev–Trinajstić information content (AvgIpc) is 2.18. The molecule has 0 bridgehead atoms. The smallest absolute Gasteiger partial charge is 0.254 e. The number of carbonyl (C=O) groups excluding carboxylic acids is 1. The first-order valence-electron chi connectivity index (χ1n) is 4.32. The largest absolute Gasteiger partial charge is 0.352 e. The fraction of sp³-hybridized carbons (Fsp3) is 0.222. The minimum atomic E-state index is -0.703. The van der Waals surface area contributed by atoms with Gasteiger partial charge in [-0.15, -0.1) is 0 Å². The van der Waals surface area contributed by atoms with E-state index in [1.54, 1.807) is 6.92 Å². The number of nitrogens with zero attached hydrogens (tertiary/aromatic N) is 3. The molecule has 0 aliphatic heterocycles. The highest BCUT2D eigenvalue weighted by molar-refractivity contribution is 5.94. The molecule has 0 atom stereocenters. The van der Waals surface area contributed by atoms with E-state index in [0.717, 1.165) is 6.07 Å². The van der Waals surface area contributed by atoms with Gasteiger partial charge in [-0.25, -0.2) is 4.39 Å². The van der Waals surface area contributed by atoms with Crippen molar-refractivity contribution in [3.63, 3.8) is 0 Å². The molecule has 0 aromatic heterocycles. The van der Waals surface area contributed by atoms with Crippen molar-refractivity contribution < 1.29 is 9.18 Å². The van der Waals surface area contributed by atoms with Gasteiger partial charge in [0.1, 0.15) is 5.82 Å². The van der Waals surface area contributed by atoms with Gasteiger partial charge in [0.05, 0.1) is 5.56 Å². The Morgan fingerprint density at radius 2 is 2.40 bits per heavy atom. The summed E-state index contributed by atoms with van der Waals surface area (Å²) in [7, 11) is 0.